The van der Waals surface area contributed by atoms with Crippen LogP contribution in [0.25, 0.3) is 0 Å². The normalized spacial score (nSPS) is 13.3. The molecule has 0 fully saturated rings. The number of aryl methyl sites for hydroxylation is 2. The molecule has 68 valence electrons. The maximum Gasteiger partial charge on any atom is 0.0900 e. The third kappa shape index (κ3) is 1.84. The summed E-state index contributed by atoms with van der Waals surface area (Å²) in [5, 5.41) is 4.46. The van der Waals surface area contributed by atoms with E-state index in [1.165, 1.54) is 10.6 Å². The summed E-state index contributed by atoms with van der Waals surface area (Å²) in [6.07, 6.45) is 1.12. The number of nitrogens with zero attached hydrogens (tertiary/aromatic N) is 1. The largest absolute Gasteiger partial charge is 0.312 e. The minimum atomic E-state index is 0.483. The molecular weight excluding hydrogens is 168 g/mol. The van der Waals surface area contributed by atoms with Gasteiger partial charge in [0.15, 0.2) is 0 Å². The zero-order valence-corrected chi connectivity index (χ0v) is 8.96. The van der Waals surface area contributed by atoms with Gasteiger partial charge in [0.2, 0.25) is 0 Å². The molecule has 1 heterocycles. The highest BCUT2D eigenvalue weighted by molar-refractivity contribution is 7.11. The van der Waals surface area contributed by atoms with E-state index >= 15 is 0 Å². The third-order valence-corrected chi connectivity index (χ3v) is 3.20. The molecule has 0 radical (unpaired) electrons. The van der Waals surface area contributed by atoms with Gasteiger partial charge in [-0.3, -0.25) is 0 Å². The van der Waals surface area contributed by atoms with Gasteiger partial charge in [0.1, 0.15) is 0 Å². The van der Waals surface area contributed by atoms with E-state index in [4.69, 9.17) is 0 Å². The minimum absolute atomic E-state index is 0.483. The smallest absolute Gasteiger partial charge is 0.0900 e. The van der Waals surface area contributed by atoms with Gasteiger partial charge in [0, 0.05) is 10.9 Å². The van der Waals surface area contributed by atoms with Crippen LogP contribution < -0.4 is 5.32 Å². The van der Waals surface area contributed by atoms with Crippen molar-refractivity contribution in [3.8, 4) is 0 Å². The van der Waals surface area contributed by atoms with Crippen molar-refractivity contribution in [2.45, 2.75) is 33.2 Å². The number of nitrogens with one attached hydrogen (secondary N) is 1. The van der Waals surface area contributed by atoms with E-state index in [1.807, 2.05) is 7.05 Å². The monoisotopic (exact) mass is 184 g/mol. The number of hydrogen-bond donors (Lipinski definition) is 1. The standard InChI is InChI=1S/C9H16N2S/c1-5-8(10-4)9-6(2)11-7(3)12-9/h8,10H,5H2,1-4H3. The molecule has 0 saturated carbocycles. The zero-order valence-electron chi connectivity index (χ0n) is 8.14. The van der Waals surface area contributed by atoms with Gasteiger partial charge in [0.25, 0.3) is 0 Å². The van der Waals surface area contributed by atoms with Gasteiger partial charge in [0.05, 0.1) is 10.7 Å². The van der Waals surface area contributed by atoms with E-state index in [0.717, 1.165) is 11.4 Å². The highest BCUT2D eigenvalue weighted by Gasteiger charge is 2.12. The van der Waals surface area contributed by atoms with Crippen LogP contribution in [-0.4, -0.2) is 12.0 Å². The van der Waals surface area contributed by atoms with Crippen molar-refractivity contribution in [2.75, 3.05) is 7.05 Å². The Hall–Kier alpha value is -0.410. The third-order valence-electron chi connectivity index (χ3n) is 2.01. The second-order valence-electron chi connectivity index (χ2n) is 2.93. The van der Waals surface area contributed by atoms with Crippen LogP contribution in [0.2, 0.25) is 0 Å². The quantitative estimate of drug-likeness (QED) is 0.780. The molecule has 1 aromatic heterocycles. The van der Waals surface area contributed by atoms with Crippen LogP contribution in [0.3, 0.4) is 0 Å². The van der Waals surface area contributed by atoms with Crippen molar-refractivity contribution in [2.24, 2.45) is 0 Å². The highest BCUT2D eigenvalue weighted by atomic mass is 32.1. The average molecular weight is 184 g/mol. The Labute approximate surface area is 78.0 Å². The second kappa shape index (κ2) is 4.01. The molecule has 12 heavy (non-hydrogen) atoms. The van der Waals surface area contributed by atoms with Gasteiger partial charge in [-0.05, 0) is 27.3 Å². The molecule has 0 spiro atoms. The minimum Gasteiger partial charge on any atom is -0.312 e. The Bertz CT molecular complexity index is 251. The average Bonchev–Trinajstić information content (AvgIpc) is 2.34. The molecule has 0 bridgehead atoms. The van der Waals surface area contributed by atoms with E-state index in [9.17, 15) is 0 Å². The second-order valence-corrected chi connectivity index (χ2v) is 4.17. The first-order valence-electron chi connectivity index (χ1n) is 4.30. The van der Waals surface area contributed by atoms with Crippen LogP contribution in [0, 0.1) is 13.8 Å². The lowest BCUT2D eigenvalue weighted by atomic mass is 10.2. The van der Waals surface area contributed by atoms with E-state index in [1.54, 1.807) is 11.3 Å². The van der Waals surface area contributed by atoms with Crippen molar-refractivity contribution in [3.63, 3.8) is 0 Å². The van der Waals surface area contributed by atoms with Crippen LogP contribution in [0.1, 0.15) is 35.0 Å². The van der Waals surface area contributed by atoms with Crippen molar-refractivity contribution in [3.05, 3.63) is 15.6 Å². The van der Waals surface area contributed by atoms with Crippen molar-refractivity contribution >= 4 is 11.3 Å². The summed E-state index contributed by atoms with van der Waals surface area (Å²) >= 11 is 1.80. The van der Waals surface area contributed by atoms with Gasteiger partial charge in [-0.2, -0.15) is 0 Å². The number of rotatable bonds is 3. The molecule has 1 rings (SSSR count). The predicted molar refractivity (Wildman–Crippen MR) is 53.7 cm³/mol. The van der Waals surface area contributed by atoms with Gasteiger partial charge < -0.3 is 5.32 Å². The maximum absolute atomic E-state index is 4.41. The summed E-state index contributed by atoms with van der Waals surface area (Å²) in [5.41, 5.74) is 1.18. The predicted octanol–water partition coefficient (Wildman–Crippen LogP) is 2.43. The molecule has 2 nitrogen and oxygen atoms in total. The first-order valence-corrected chi connectivity index (χ1v) is 5.11. The Morgan fingerprint density at radius 1 is 1.50 bits per heavy atom. The molecule has 1 unspecified atom stereocenters. The van der Waals surface area contributed by atoms with Crippen LogP contribution in [0.15, 0.2) is 0 Å². The lowest BCUT2D eigenvalue weighted by molar-refractivity contribution is 0.582. The molecule has 3 heteroatoms. The molecule has 1 atom stereocenters. The summed E-state index contributed by atoms with van der Waals surface area (Å²) < 4.78 is 0. The first kappa shape index (κ1) is 9.68. The van der Waals surface area contributed by atoms with E-state index < -0.39 is 0 Å². The summed E-state index contributed by atoms with van der Waals surface area (Å²) in [4.78, 5) is 5.79. The van der Waals surface area contributed by atoms with Gasteiger partial charge in [-0.25, -0.2) is 4.98 Å². The Balaban J connectivity index is 2.91. The molecular formula is C9H16N2S. The number of thiazole rings is 1. The molecule has 0 aliphatic heterocycles. The fourth-order valence-corrected chi connectivity index (χ4v) is 2.51. The van der Waals surface area contributed by atoms with E-state index in [0.29, 0.717) is 6.04 Å². The first-order chi connectivity index (χ1) is 5.69. The lowest BCUT2D eigenvalue weighted by Gasteiger charge is -2.11. The number of hydrogen-bond acceptors (Lipinski definition) is 3. The summed E-state index contributed by atoms with van der Waals surface area (Å²) in [5.74, 6) is 0. The summed E-state index contributed by atoms with van der Waals surface area (Å²) in [6, 6.07) is 0.483. The van der Waals surface area contributed by atoms with E-state index in [-0.39, 0.29) is 0 Å². The molecule has 0 aromatic carbocycles. The van der Waals surface area contributed by atoms with Gasteiger partial charge in [-0.1, -0.05) is 6.92 Å². The Kier molecular flexibility index (Phi) is 3.23. The maximum atomic E-state index is 4.41. The SMILES string of the molecule is CCC(NC)c1sc(C)nc1C. The van der Waals surface area contributed by atoms with E-state index in [2.05, 4.69) is 31.1 Å². The molecule has 0 aliphatic rings. The fraction of sp³-hybridized carbons (Fsp3) is 0.667. The van der Waals surface area contributed by atoms with Crippen LogP contribution in [-0.2, 0) is 0 Å². The Morgan fingerprint density at radius 2 is 2.17 bits per heavy atom. The molecule has 1 aromatic rings. The van der Waals surface area contributed by atoms with Gasteiger partial charge in [-0.15, -0.1) is 11.3 Å². The Morgan fingerprint density at radius 3 is 2.50 bits per heavy atom. The number of aromatic nitrogens is 1. The molecule has 0 aliphatic carbocycles. The van der Waals surface area contributed by atoms with Crippen molar-refractivity contribution in [1.82, 2.24) is 10.3 Å². The summed E-state index contributed by atoms with van der Waals surface area (Å²) in [7, 11) is 2.00. The van der Waals surface area contributed by atoms with Crippen LogP contribution in [0.5, 0.6) is 0 Å². The zero-order chi connectivity index (χ0) is 9.14. The lowest BCUT2D eigenvalue weighted by Crippen LogP contribution is -2.14. The van der Waals surface area contributed by atoms with Crippen molar-refractivity contribution in [1.29, 1.82) is 0 Å². The molecule has 0 saturated heterocycles. The highest BCUT2D eigenvalue weighted by Crippen LogP contribution is 2.26. The molecule has 1 N–H and O–H groups in total. The summed E-state index contributed by atoms with van der Waals surface area (Å²) in [6.45, 7) is 6.33. The van der Waals surface area contributed by atoms with Crippen molar-refractivity contribution < 1.29 is 0 Å². The topological polar surface area (TPSA) is 24.9 Å². The van der Waals surface area contributed by atoms with Crippen LogP contribution in [0.4, 0.5) is 0 Å². The van der Waals surface area contributed by atoms with Gasteiger partial charge >= 0.3 is 0 Å². The van der Waals surface area contributed by atoms with Crippen LogP contribution >= 0.6 is 11.3 Å². The fourth-order valence-electron chi connectivity index (χ4n) is 1.39. The molecule has 0 amide bonds.